The SMILES string of the molecule is COC(=O)N[C@H](C(=O)N1CCC[C@H]1c1ncc(-c2ccc(-c3cccc(-c4ccc(-c5cnc([C@@H]6CCCN6C(=O)[C@@H](NC(=O)OC)C(C)C)[nH]5)cc4)c3)cc2)[nH]1)C(C)C. The highest BCUT2D eigenvalue weighted by Crippen LogP contribution is 2.35. The molecule has 7 rings (SSSR count). The van der Waals surface area contributed by atoms with Gasteiger partial charge in [0.25, 0.3) is 0 Å². The number of imidazole rings is 2. The van der Waals surface area contributed by atoms with E-state index in [9.17, 15) is 19.2 Å². The Balaban J connectivity index is 1.01. The van der Waals surface area contributed by atoms with E-state index in [1.807, 2.05) is 49.9 Å². The fourth-order valence-corrected chi connectivity index (χ4v) is 8.25. The highest BCUT2D eigenvalue weighted by molar-refractivity contribution is 5.87. The van der Waals surface area contributed by atoms with Crippen LogP contribution in [0.15, 0.2) is 85.2 Å². The summed E-state index contributed by atoms with van der Waals surface area (Å²) in [4.78, 5) is 71.0. The Morgan fingerprint density at radius 3 is 1.35 bits per heavy atom. The number of alkyl carbamates (subject to hydrolysis) is 2. The van der Waals surface area contributed by atoms with Crippen LogP contribution in [0, 0.1) is 11.8 Å². The minimum absolute atomic E-state index is 0.105. The average Bonchev–Trinajstić information content (AvgIpc) is 4.11. The van der Waals surface area contributed by atoms with Crippen LogP contribution in [0.4, 0.5) is 9.59 Å². The molecule has 2 saturated heterocycles. The van der Waals surface area contributed by atoms with E-state index >= 15 is 0 Å². The molecule has 2 aliphatic rings. The molecule has 14 heteroatoms. The summed E-state index contributed by atoms with van der Waals surface area (Å²) in [6.07, 6.45) is 5.64. The van der Waals surface area contributed by atoms with E-state index in [2.05, 4.69) is 93.4 Å². The zero-order valence-corrected chi connectivity index (χ0v) is 35.0. The normalized spacial score (nSPS) is 17.5. The quantitative estimate of drug-likeness (QED) is 0.0984. The molecule has 4 atom stereocenters. The van der Waals surface area contributed by atoms with Gasteiger partial charge in [0.15, 0.2) is 0 Å². The van der Waals surface area contributed by atoms with Gasteiger partial charge in [-0.15, -0.1) is 0 Å². The lowest BCUT2D eigenvalue weighted by atomic mass is 9.97. The fraction of sp³-hybridized carbons (Fsp3) is 0.391. The second-order valence-corrected chi connectivity index (χ2v) is 16.2. The van der Waals surface area contributed by atoms with Crippen LogP contribution >= 0.6 is 0 Å². The lowest BCUT2D eigenvalue weighted by Gasteiger charge is -2.30. The van der Waals surface area contributed by atoms with Crippen molar-refractivity contribution >= 4 is 24.0 Å². The minimum atomic E-state index is -0.688. The molecule has 2 aromatic heterocycles. The third-order valence-corrected chi connectivity index (χ3v) is 11.6. The van der Waals surface area contributed by atoms with Crippen LogP contribution in [-0.4, -0.2) is 93.1 Å². The molecule has 3 aromatic carbocycles. The molecule has 4 heterocycles. The van der Waals surface area contributed by atoms with Gasteiger partial charge in [-0.1, -0.05) is 94.4 Å². The molecule has 2 aliphatic heterocycles. The van der Waals surface area contributed by atoms with E-state index in [-0.39, 0.29) is 35.7 Å². The number of hydrogen-bond acceptors (Lipinski definition) is 8. The second-order valence-electron chi connectivity index (χ2n) is 16.2. The van der Waals surface area contributed by atoms with Crippen LogP contribution in [0.2, 0.25) is 0 Å². The molecule has 0 unspecified atom stereocenters. The summed E-state index contributed by atoms with van der Waals surface area (Å²) in [6.45, 7) is 8.80. The Morgan fingerprint density at radius 1 is 0.600 bits per heavy atom. The molecule has 314 valence electrons. The average molecular weight is 815 g/mol. The molecular weight excluding hydrogens is 761 g/mol. The molecule has 0 spiro atoms. The number of carbonyl (C=O) groups is 4. The van der Waals surface area contributed by atoms with Gasteiger partial charge in [-0.25, -0.2) is 19.6 Å². The van der Waals surface area contributed by atoms with Gasteiger partial charge >= 0.3 is 12.2 Å². The fourth-order valence-electron chi connectivity index (χ4n) is 8.25. The van der Waals surface area contributed by atoms with Crippen LogP contribution in [0.25, 0.3) is 44.8 Å². The largest absolute Gasteiger partial charge is 0.453 e. The van der Waals surface area contributed by atoms with Gasteiger partial charge in [-0.2, -0.15) is 0 Å². The van der Waals surface area contributed by atoms with Crippen LogP contribution < -0.4 is 10.6 Å². The van der Waals surface area contributed by atoms with Crippen LogP contribution in [0.5, 0.6) is 0 Å². The summed E-state index contributed by atoms with van der Waals surface area (Å²) >= 11 is 0. The summed E-state index contributed by atoms with van der Waals surface area (Å²) in [6, 6.07) is 23.3. The third kappa shape index (κ3) is 8.92. The van der Waals surface area contributed by atoms with Gasteiger partial charge in [0, 0.05) is 13.1 Å². The molecule has 14 nitrogen and oxygen atoms in total. The second kappa shape index (κ2) is 18.2. The molecule has 5 aromatic rings. The molecule has 0 radical (unpaired) electrons. The molecule has 4 amide bonds. The smallest absolute Gasteiger partial charge is 0.407 e. The van der Waals surface area contributed by atoms with Gasteiger partial charge in [0.2, 0.25) is 11.8 Å². The zero-order valence-electron chi connectivity index (χ0n) is 35.0. The van der Waals surface area contributed by atoms with Crippen molar-refractivity contribution in [3.63, 3.8) is 0 Å². The van der Waals surface area contributed by atoms with Crippen molar-refractivity contribution in [1.29, 1.82) is 0 Å². The number of benzene rings is 3. The number of aromatic amines is 2. The van der Waals surface area contributed by atoms with Gasteiger partial charge in [0.1, 0.15) is 23.7 Å². The topological polar surface area (TPSA) is 175 Å². The number of likely N-dealkylation sites (tertiary alicyclic amines) is 2. The first kappa shape index (κ1) is 41.7. The molecular formula is C46H54N8O6. The van der Waals surface area contributed by atoms with Crippen molar-refractivity contribution in [2.75, 3.05) is 27.3 Å². The summed E-state index contributed by atoms with van der Waals surface area (Å²) in [5, 5.41) is 5.40. The number of hydrogen-bond donors (Lipinski definition) is 4. The summed E-state index contributed by atoms with van der Waals surface area (Å²) in [7, 11) is 2.58. The van der Waals surface area contributed by atoms with E-state index in [1.54, 1.807) is 0 Å². The van der Waals surface area contributed by atoms with Gasteiger partial charge in [0.05, 0.1) is 50.1 Å². The number of amides is 4. The number of aromatic nitrogens is 4. The monoisotopic (exact) mass is 814 g/mol. The van der Waals surface area contributed by atoms with Gasteiger partial charge in [-0.05, 0) is 77.0 Å². The van der Waals surface area contributed by atoms with Gasteiger partial charge in [-0.3, -0.25) is 9.59 Å². The van der Waals surface area contributed by atoms with Crippen LogP contribution in [0.3, 0.4) is 0 Å². The highest BCUT2D eigenvalue weighted by Gasteiger charge is 2.39. The summed E-state index contributed by atoms with van der Waals surface area (Å²) in [5.74, 6) is 0.969. The molecule has 4 N–H and O–H groups in total. The van der Waals surface area contributed by atoms with E-state index in [0.717, 1.165) is 82.1 Å². The highest BCUT2D eigenvalue weighted by atomic mass is 16.5. The first-order valence-electron chi connectivity index (χ1n) is 20.7. The molecule has 60 heavy (non-hydrogen) atoms. The lowest BCUT2D eigenvalue weighted by Crippen LogP contribution is -2.51. The number of rotatable bonds is 12. The zero-order chi connectivity index (χ0) is 42.5. The molecule has 0 aliphatic carbocycles. The Kier molecular flexibility index (Phi) is 12.7. The van der Waals surface area contributed by atoms with Crippen molar-refractivity contribution in [2.24, 2.45) is 11.8 Å². The number of ether oxygens (including phenoxy) is 2. The van der Waals surface area contributed by atoms with Crippen molar-refractivity contribution in [1.82, 2.24) is 40.4 Å². The predicted molar refractivity (Wildman–Crippen MR) is 228 cm³/mol. The van der Waals surface area contributed by atoms with Crippen molar-refractivity contribution in [3.05, 3.63) is 96.8 Å². The number of H-pyrrole nitrogens is 2. The number of nitrogens with one attached hydrogen (secondary N) is 4. The van der Waals surface area contributed by atoms with Crippen LogP contribution in [-0.2, 0) is 19.1 Å². The maximum atomic E-state index is 13.6. The standard InChI is InChI=1S/C46H54N8O6/c1-27(2)39(51-45(57)59-5)43(55)53-22-8-12-37(53)41-47-25-35(49-41)31-18-14-29(15-19-31)33-10-7-11-34(24-33)30-16-20-32(21-17-30)36-26-48-42(50-36)38-13-9-23-54(38)44(56)40(28(3)4)52-46(58)60-6/h7,10-11,14-21,24-28,37-40H,8-9,12-13,22-23H2,1-6H3,(H,47,49)(H,48,50)(H,51,57)(H,52,58)/t37-,38-,39-,40-/m0/s1. The Labute approximate surface area is 350 Å². The Morgan fingerprint density at radius 2 is 0.983 bits per heavy atom. The Bertz CT molecular complexity index is 2140. The number of methoxy groups -OCH3 is 2. The van der Waals surface area contributed by atoms with E-state index in [1.165, 1.54) is 14.2 Å². The lowest BCUT2D eigenvalue weighted by molar-refractivity contribution is -0.136. The Hall–Kier alpha value is -6.44. The third-order valence-electron chi connectivity index (χ3n) is 11.6. The van der Waals surface area contributed by atoms with Crippen molar-refractivity contribution in [2.45, 2.75) is 77.5 Å². The summed E-state index contributed by atoms with van der Waals surface area (Å²) < 4.78 is 9.53. The number of carbonyl (C=O) groups excluding carboxylic acids is 4. The molecule has 0 saturated carbocycles. The van der Waals surface area contributed by atoms with Crippen molar-refractivity contribution in [3.8, 4) is 44.8 Å². The number of nitrogens with zero attached hydrogens (tertiary/aromatic N) is 4. The summed E-state index contributed by atoms with van der Waals surface area (Å²) in [5.41, 5.74) is 8.02. The minimum Gasteiger partial charge on any atom is -0.453 e. The maximum absolute atomic E-state index is 13.6. The predicted octanol–water partition coefficient (Wildman–Crippen LogP) is 7.89. The first-order chi connectivity index (χ1) is 28.9. The van der Waals surface area contributed by atoms with Crippen LogP contribution in [0.1, 0.15) is 77.1 Å². The van der Waals surface area contributed by atoms with Crippen molar-refractivity contribution < 1.29 is 28.7 Å². The molecule has 0 bridgehead atoms. The first-order valence-corrected chi connectivity index (χ1v) is 20.7. The van der Waals surface area contributed by atoms with E-state index in [0.29, 0.717) is 13.1 Å². The van der Waals surface area contributed by atoms with E-state index in [4.69, 9.17) is 19.4 Å². The molecule has 2 fully saturated rings. The van der Waals surface area contributed by atoms with E-state index < -0.39 is 24.3 Å². The maximum Gasteiger partial charge on any atom is 0.407 e. The van der Waals surface area contributed by atoms with Gasteiger partial charge < -0.3 is 39.9 Å².